The molecule has 0 aliphatic rings. The summed E-state index contributed by atoms with van der Waals surface area (Å²) >= 11 is 11.5. The van der Waals surface area contributed by atoms with Crippen LogP contribution in [0, 0.1) is 5.82 Å². The zero-order valence-electron chi connectivity index (χ0n) is 8.75. The summed E-state index contributed by atoms with van der Waals surface area (Å²) < 4.78 is 18.6. The molecule has 0 saturated carbocycles. The first kappa shape index (κ1) is 12.1. The van der Waals surface area contributed by atoms with Crippen LogP contribution in [0.5, 0.6) is 0 Å². The molecule has 4 nitrogen and oxygen atoms in total. The number of alkyl halides is 1. The maximum absolute atomic E-state index is 13.4. The van der Waals surface area contributed by atoms with Crippen molar-refractivity contribution in [2.75, 3.05) is 5.32 Å². The molecule has 0 aliphatic carbocycles. The predicted molar refractivity (Wildman–Crippen MR) is 63.3 cm³/mol. The van der Waals surface area contributed by atoms with Gasteiger partial charge in [0.25, 0.3) is 0 Å². The highest BCUT2D eigenvalue weighted by Gasteiger charge is 2.12. The van der Waals surface area contributed by atoms with Gasteiger partial charge >= 0.3 is 6.01 Å². The van der Waals surface area contributed by atoms with Gasteiger partial charge in [-0.2, -0.15) is 0 Å². The molecule has 1 aromatic heterocycles. The van der Waals surface area contributed by atoms with E-state index in [1.165, 1.54) is 18.2 Å². The van der Waals surface area contributed by atoms with Gasteiger partial charge in [0.1, 0.15) is 11.2 Å². The predicted octanol–water partition coefficient (Wildman–Crippen LogP) is 3.91. The van der Waals surface area contributed by atoms with Crippen LogP contribution in [0.3, 0.4) is 0 Å². The number of benzene rings is 1. The molecule has 17 heavy (non-hydrogen) atoms. The standard InChI is InChI=1S/C10H8Cl2FN3O/c1-5(11)9-15-16-10(17-9)14-8-4-6(12)2-3-7(8)13/h2-5H,1H3,(H,14,16). The first-order valence-electron chi connectivity index (χ1n) is 4.76. The SMILES string of the molecule is CC(Cl)c1nnc(Nc2cc(Cl)ccc2F)o1. The topological polar surface area (TPSA) is 51.0 Å². The second-order valence-electron chi connectivity index (χ2n) is 3.31. The summed E-state index contributed by atoms with van der Waals surface area (Å²) in [5.74, 6) is -0.204. The van der Waals surface area contributed by atoms with Crippen LogP contribution >= 0.6 is 23.2 Å². The van der Waals surface area contributed by atoms with Crippen molar-refractivity contribution in [3.63, 3.8) is 0 Å². The largest absolute Gasteiger partial charge is 0.406 e. The molecule has 0 saturated heterocycles. The van der Waals surface area contributed by atoms with E-state index >= 15 is 0 Å². The van der Waals surface area contributed by atoms with Crippen molar-refractivity contribution >= 4 is 34.9 Å². The van der Waals surface area contributed by atoms with Gasteiger partial charge in [-0.1, -0.05) is 16.7 Å². The molecule has 1 unspecified atom stereocenters. The van der Waals surface area contributed by atoms with E-state index in [9.17, 15) is 4.39 Å². The summed E-state index contributed by atoms with van der Waals surface area (Å²) in [4.78, 5) is 0. The van der Waals surface area contributed by atoms with Gasteiger partial charge in [0, 0.05) is 5.02 Å². The highest BCUT2D eigenvalue weighted by molar-refractivity contribution is 6.30. The first-order valence-corrected chi connectivity index (χ1v) is 5.57. The third kappa shape index (κ3) is 2.87. The Hall–Kier alpha value is -1.33. The Kier molecular flexibility index (Phi) is 3.49. The molecule has 1 atom stereocenters. The van der Waals surface area contributed by atoms with Gasteiger partial charge in [0.05, 0.1) is 5.69 Å². The third-order valence-corrected chi connectivity index (χ3v) is 2.37. The average molecular weight is 276 g/mol. The number of anilines is 2. The first-order chi connectivity index (χ1) is 8.06. The smallest absolute Gasteiger partial charge is 0.320 e. The quantitative estimate of drug-likeness (QED) is 0.863. The van der Waals surface area contributed by atoms with Gasteiger partial charge in [0.2, 0.25) is 5.89 Å². The Morgan fingerprint density at radius 3 is 2.82 bits per heavy atom. The molecule has 2 aromatic rings. The molecule has 7 heteroatoms. The van der Waals surface area contributed by atoms with Gasteiger partial charge in [-0.25, -0.2) is 4.39 Å². The van der Waals surface area contributed by atoms with E-state index in [0.29, 0.717) is 5.02 Å². The van der Waals surface area contributed by atoms with Gasteiger partial charge in [0.15, 0.2) is 0 Å². The summed E-state index contributed by atoms with van der Waals surface area (Å²) in [6.07, 6.45) is 0. The number of nitrogens with zero attached hydrogens (tertiary/aromatic N) is 2. The zero-order chi connectivity index (χ0) is 12.4. The van der Waals surface area contributed by atoms with Crippen molar-refractivity contribution in [2.45, 2.75) is 12.3 Å². The minimum atomic E-state index is -0.465. The van der Waals surface area contributed by atoms with E-state index in [4.69, 9.17) is 27.6 Å². The number of aromatic nitrogens is 2. The molecule has 0 aliphatic heterocycles. The number of nitrogens with one attached hydrogen (secondary N) is 1. The molecule has 0 amide bonds. The van der Waals surface area contributed by atoms with E-state index in [0.717, 1.165) is 0 Å². The van der Waals surface area contributed by atoms with E-state index in [1.54, 1.807) is 6.92 Å². The lowest BCUT2D eigenvalue weighted by Gasteiger charge is -2.03. The minimum absolute atomic E-state index is 0.0636. The van der Waals surface area contributed by atoms with Crippen LogP contribution in [0.15, 0.2) is 22.6 Å². The lowest BCUT2D eigenvalue weighted by molar-refractivity contribution is 0.509. The van der Waals surface area contributed by atoms with Gasteiger partial charge in [-0.3, -0.25) is 0 Å². The Balaban J connectivity index is 2.22. The molecule has 1 aromatic carbocycles. The van der Waals surface area contributed by atoms with Crippen LogP contribution in [0.2, 0.25) is 5.02 Å². The lowest BCUT2D eigenvalue weighted by atomic mass is 10.3. The fraction of sp³-hybridized carbons (Fsp3) is 0.200. The van der Waals surface area contributed by atoms with Crippen LogP contribution < -0.4 is 5.32 Å². The van der Waals surface area contributed by atoms with Crippen molar-refractivity contribution in [1.29, 1.82) is 0 Å². The van der Waals surface area contributed by atoms with E-state index in [2.05, 4.69) is 15.5 Å². The number of rotatable bonds is 3. The molecule has 0 bridgehead atoms. The fourth-order valence-electron chi connectivity index (χ4n) is 1.15. The van der Waals surface area contributed by atoms with E-state index in [-0.39, 0.29) is 17.6 Å². The fourth-order valence-corrected chi connectivity index (χ4v) is 1.41. The average Bonchev–Trinajstić information content (AvgIpc) is 2.72. The molecule has 0 radical (unpaired) electrons. The molecular weight excluding hydrogens is 268 g/mol. The summed E-state index contributed by atoms with van der Waals surface area (Å²) in [6.45, 7) is 1.69. The Morgan fingerprint density at radius 2 is 2.18 bits per heavy atom. The van der Waals surface area contributed by atoms with Crippen molar-refractivity contribution in [3.05, 3.63) is 34.9 Å². The van der Waals surface area contributed by atoms with Crippen LogP contribution in [0.1, 0.15) is 18.2 Å². The highest BCUT2D eigenvalue weighted by atomic mass is 35.5. The summed E-state index contributed by atoms with van der Waals surface area (Å²) in [5.41, 5.74) is 0.162. The normalized spacial score (nSPS) is 12.5. The number of hydrogen-bond acceptors (Lipinski definition) is 4. The van der Waals surface area contributed by atoms with Crippen molar-refractivity contribution in [1.82, 2.24) is 10.2 Å². The maximum Gasteiger partial charge on any atom is 0.320 e. The van der Waals surface area contributed by atoms with Gasteiger partial charge in [-0.05, 0) is 25.1 Å². The second-order valence-corrected chi connectivity index (χ2v) is 4.40. The van der Waals surface area contributed by atoms with Crippen LogP contribution in [-0.2, 0) is 0 Å². The summed E-state index contributed by atoms with van der Waals surface area (Å²) in [7, 11) is 0. The molecule has 0 spiro atoms. The molecular formula is C10H8Cl2FN3O. The van der Waals surface area contributed by atoms with Crippen molar-refractivity contribution < 1.29 is 8.81 Å². The molecule has 0 fully saturated rings. The Bertz CT molecular complexity index is 530. The third-order valence-electron chi connectivity index (χ3n) is 1.95. The molecule has 1 heterocycles. The number of hydrogen-bond donors (Lipinski definition) is 1. The Labute approximate surface area is 107 Å². The Morgan fingerprint density at radius 1 is 1.41 bits per heavy atom. The molecule has 1 N–H and O–H groups in total. The molecule has 2 rings (SSSR count). The van der Waals surface area contributed by atoms with Gasteiger partial charge in [-0.15, -0.1) is 16.7 Å². The van der Waals surface area contributed by atoms with Crippen LogP contribution in [0.25, 0.3) is 0 Å². The van der Waals surface area contributed by atoms with Crippen molar-refractivity contribution in [3.8, 4) is 0 Å². The summed E-state index contributed by atoms with van der Waals surface area (Å²) in [6, 6.07) is 4.17. The van der Waals surface area contributed by atoms with Crippen LogP contribution in [-0.4, -0.2) is 10.2 Å². The second kappa shape index (κ2) is 4.89. The highest BCUT2D eigenvalue weighted by Crippen LogP contribution is 2.25. The van der Waals surface area contributed by atoms with Gasteiger partial charge < -0.3 is 9.73 Å². The summed E-state index contributed by atoms with van der Waals surface area (Å²) in [5, 5.41) is 10.0. The van der Waals surface area contributed by atoms with Crippen molar-refractivity contribution in [2.24, 2.45) is 0 Å². The zero-order valence-corrected chi connectivity index (χ0v) is 10.3. The monoisotopic (exact) mass is 275 g/mol. The van der Waals surface area contributed by atoms with Crippen LogP contribution in [0.4, 0.5) is 16.1 Å². The molecule has 90 valence electrons. The number of halogens is 3. The van der Waals surface area contributed by atoms with E-state index in [1.807, 2.05) is 0 Å². The van der Waals surface area contributed by atoms with E-state index < -0.39 is 11.2 Å². The lowest BCUT2D eigenvalue weighted by Crippen LogP contribution is -1.93. The minimum Gasteiger partial charge on any atom is -0.406 e. The maximum atomic E-state index is 13.4.